The molecule has 19 heavy (non-hydrogen) atoms. The van der Waals surface area contributed by atoms with Crippen molar-refractivity contribution in [3.05, 3.63) is 36.1 Å². The lowest BCUT2D eigenvalue weighted by atomic mass is 10.3. The molecule has 100 valence electrons. The first-order chi connectivity index (χ1) is 9.22. The van der Waals surface area contributed by atoms with Crippen molar-refractivity contribution in [2.45, 2.75) is 6.92 Å². The molecule has 0 unspecified atom stereocenters. The maximum Gasteiger partial charge on any atom is 0.294 e. The first-order valence-corrected chi connectivity index (χ1v) is 5.78. The van der Waals surface area contributed by atoms with Gasteiger partial charge in [0.05, 0.1) is 19.8 Å². The van der Waals surface area contributed by atoms with E-state index < -0.39 is 0 Å². The van der Waals surface area contributed by atoms with Gasteiger partial charge in [-0.15, -0.1) is 0 Å². The average molecular weight is 262 g/mol. The summed E-state index contributed by atoms with van der Waals surface area (Å²) in [5, 5.41) is 6.24. The number of aromatic nitrogens is 1. The Bertz CT molecular complexity index is 548. The number of nitrogens with zero attached hydrogens (tertiary/aromatic N) is 1. The Morgan fingerprint density at radius 3 is 2.68 bits per heavy atom. The summed E-state index contributed by atoms with van der Waals surface area (Å²) in [7, 11) is 1.45. The molecule has 6 heteroatoms. The first kappa shape index (κ1) is 12.9. The van der Waals surface area contributed by atoms with E-state index in [0.717, 1.165) is 5.75 Å². The second kappa shape index (κ2) is 5.90. The third-order valence-corrected chi connectivity index (χ3v) is 2.34. The third kappa shape index (κ3) is 3.25. The van der Waals surface area contributed by atoms with E-state index in [-0.39, 0.29) is 17.5 Å². The lowest BCUT2D eigenvalue weighted by molar-refractivity contribution is 0.0987. The van der Waals surface area contributed by atoms with E-state index in [4.69, 9.17) is 14.0 Å². The molecule has 1 heterocycles. The molecular formula is C13H14N2O4. The topological polar surface area (TPSA) is 73.6 Å². The molecule has 6 nitrogen and oxygen atoms in total. The van der Waals surface area contributed by atoms with Crippen molar-refractivity contribution in [1.82, 2.24) is 5.16 Å². The standard InChI is InChI=1S/C13H14N2O4/c1-3-18-10-6-4-9(5-7-10)14-13(16)11-8-12(17-2)15-19-11/h4-8H,3H2,1-2H3,(H,14,16). The van der Waals surface area contributed by atoms with Gasteiger partial charge in [0.1, 0.15) is 5.75 Å². The number of carbonyl (C=O) groups excluding carboxylic acids is 1. The van der Waals surface area contributed by atoms with Crippen LogP contribution in [0.2, 0.25) is 0 Å². The van der Waals surface area contributed by atoms with Crippen LogP contribution < -0.4 is 14.8 Å². The number of rotatable bonds is 5. The molecule has 2 aromatic rings. The lowest BCUT2D eigenvalue weighted by Gasteiger charge is -2.05. The number of amides is 1. The van der Waals surface area contributed by atoms with Crippen LogP contribution in [0.1, 0.15) is 17.5 Å². The van der Waals surface area contributed by atoms with Gasteiger partial charge in [-0.2, -0.15) is 0 Å². The van der Waals surface area contributed by atoms with Crippen LogP contribution in [0, 0.1) is 0 Å². The molecule has 0 aliphatic rings. The summed E-state index contributed by atoms with van der Waals surface area (Å²) in [6.07, 6.45) is 0. The van der Waals surface area contributed by atoms with Gasteiger partial charge in [0.2, 0.25) is 5.76 Å². The van der Waals surface area contributed by atoms with Crippen molar-refractivity contribution in [2.24, 2.45) is 0 Å². The van der Waals surface area contributed by atoms with Crippen LogP contribution in [0.5, 0.6) is 11.6 Å². The molecule has 0 radical (unpaired) electrons. The molecule has 1 amide bonds. The molecule has 2 rings (SSSR count). The fourth-order valence-electron chi connectivity index (χ4n) is 1.46. The SMILES string of the molecule is CCOc1ccc(NC(=O)c2cc(OC)no2)cc1. The Morgan fingerprint density at radius 2 is 2.11 bits per heavy atom. The van der Waals surface area contributed by atoms with Crippen molar-refractivity contribution in [3.63, 3.8) is 0 Å². The highest BCUT2D eigenvalue weighted by molar-refractivity contribution is 6.02. The molecule has 0 fully saturated rings. The highest BCUT2D eigenvalue weighted by Crippen LogP contribution is 2.17. The zero-order valence-electron chi connectivity index (χ0n) is 10.7. The summed E-state index contributed by atoms with van der Waals surface area (Å²) in [5.41, 5.74) is 0.642. The minimum absolute atomic E-state index is 0.0886. The predicted octanol–water partition coefficient (Wildman–Crippen LogP) is 2.33. The molecule has 1 aromatic carbocycles. The fourth-order valence-corrected chi connectivity index (χ4v) is 1.46. The van der Waals surface area contributed by atoms with Crippen molar-refractivity contribution >= 4 is 11.6 Å². The Hall–Kier alpha value is -2.50. The summed E-state index contributed by atoms with van der Waals surface area (Å²) in [4.78, 5) is 11.8. The smallest absolute Gasteiger partial charge is 0.294 e. The van der Waals surface area contributed by atoms with Gasteiger partial charge in [0.25, 0.3) is 11.8 Å². The van der Waals surface area contributed by atoms with E-state index >= 15 is 0 Å². The summed E-state index contributed by atoms with van der Waals surface area (Å²) in [5.74, 6) is 0.712. The van der Waals surface area contributed by atoms with E-state index in [1.807, 2.05) is 6.92 Å². The number of anilines is 1. The van der Waals surface area contributed by atoms with Crippen molar-refractivity contribution in [1.29, 1.82) is 0 Å². The van der Waals surface area contributed by atoms with E-state index in [0.29, 0.717) is 12.3 Å². The molecule has 0 aliphatic carbocycles. The van der Waals surface area contributed by atoms with Crippen LogP contribution in [-0.4, -0.2) is 24.8 Å². The zero-order valence-corrected chi connectivity index (χ0v) is 10.7. The highest BCUT2D eigenvalue weighted by atomic mass is 16.5. The molecule has 0 aliphatic heterocycles. The van der Waals surface area contributed by atoms with Crippen LogP contribution in [0.4, 0.5) is 5.69 Å². The first-order valence-electron chi connectivity index (χ1n) is 5.78. The Kier molecular flexibility index (Phi) is 4.02. The third-order valence-electron chi connectivity index (χ3n) is 2.34. The molecule has 0 bridgehead atoms. The predicted molar refractivity (Wildman–Crippen MR) is 68.6 cm³/mol. The number of ether oxygens (including phenoxy) is 2. The minimum Gasteiger partial charge on any atom is -0.494 e. The summed E-state index contributed by atoms with van der Waals surface area (Å²) < 4.78 is 15.0. The Labute approximate surface area is 110 Å². The van der Waals surface area contributed by atoms with Crippen LogP contribution in [-0.2, 0) is 0 Å². The van der Waals surface area contributed by atoms with E-state index in [1.165, 1.54) is 13.2 Å². The maximum atomic E-state index is 11.8. The van der Waals surface area contributed by atoms with Crippen LogP contribution in [0.3, 0.4) is 0 Å². The van der Waals surface area contributed by atoms with Gasteiger partial charge in [-0.3, -0.25) is 4.79 Å². The van der Waals surface area contributed by atoms with Gasteiger partial charge in [-0.05, 0) is 36.3 Å². The number of benzene rings is 1. The van der Waals surface area contributed by atoms with Gasteiger partial charge >= 0.3 is 0 Å². The average Bonchev–Trinajstić information content (AvgIpc) is 2.90. The number of hydrogen-bond acceptors (Lipinski definition) is 5. The number of carbonyl (C=O) groups is 1. The number of hydrogen-bond donors (Lipinski definition) is 1. The Balaban J connectivity index is 2.01. The molecule has 1 N–H and O–H groups in total. The molecule has 0 saturated carbocycles. The van der Waals surface area contributed by atoms with E-state index in [1.54, 1.807) is 24.3 Å². The Morgan fingerprint density at radius 1 is 1.37 bits per heavy atom. The van der Waals surface area contributed by atoms with Crippen LogP contribution >= 0.6 is 0 Å². The molecule has 0 saturated heterocycles. The van der Waals surface area contributed by atoms with Gasteiger partial charge in [-0.1, -0.05) is 0 Å². The summed E-state index contributed by atoms with van der Waals surface area (Å²) in [6, 6.07) is 8.47. The normalized spacial score (nSPS) is 10.0. The van der Waals surface area contributed by atoms with Gasteiger partial charge in [0.15, 0.2) is 0 Å². The highest BCUT2D eigenvalue weighted by Gasteiger charge is 2.13. The maximum absolute atomic E-state index is 11.8. The van der Waals surface area contributed by atoms with Crippen molar-refractivity contribution < 1.29 is 18.8 Å². The van der Waals surface area contributed by atoms with Gasteiger partial charge < -0.3 is 19.3 Å². The van der Waals surface area contributed by atoms with Crippen molar-refractivity contribution in [3.8, 4) is 11.6 Å². The van der Waals surface area contributed by atoms with E-state index in [9.17, 15) is 4.79 Å². The van der Waals surface area contributed by atoms with E-state index in [2.05, 4.69) is 10.5 Å². The fraction of sp³-hybridized carbons (Fsp3) is 0.231. The largest absolute Gasteiger partial charge is 0.494 e. The van der Waals surface area contributed by atoms with Gasteiger partial charge in [0, 0.05) is 5.69 Å². The summed E-state index contributed by atoms with van der Waals surface area (Å²) >= 11 is 0. The van der Waals surface area contributed by atoms with Crippen LogP contribution in [0.15, 0.2) is 34.9 Å². The second-order valence-corrected chi connectivity index (χ2v) is 3.65. The summed E-state index contributed by atoms with van der Waals surface area (Å²) in [6.45, 7) is 2.51. The van der Waals surface area contributed by atoms with Crippen molar-refractivity contribution in [2.75, 3.05) is 19.0 Å². The molecule has 0 atom stereocenters. The lowest BCUT2D eigenvalue weighted by Crippen LogP contribution is -2.10. The van der Waals surface area contributed by atoms with Gasteiger partial charge in [-0.25, -0.2) is 0 Å². The number of nitrogens with one attached hydrogen (secondary N) is 1. The number of methoxy groups -OCH3 is 1. The quantitative estimate of drug-likeness (QED) is 0.895. The monoisotopic (exact) mass is 262 g/mol. The molecular weight excluding hydrogens is 248 g/mol. The second-order valence-electron chi connectivity index (χ2n) is 3.65. The molecule has 0 spiro atoms. The minimum atomic E-state index is -0.389. The van der Waals surface area contributed by atoms with Crippen LogP contribution in [0.25, 0.3) is 0 Å². The molecule has 1 aromatic heterocycles. The zero-order chi connectivity index (χ0) is 13.7.